The molecule has 0 bridgehead atoms. The fraction of sp³-hybridized carbons (Fsp3) is 0.286. The summed E-state index contributed by atoms with van der Waals surface area (Å²) in [6.07, 6.45) is 2.25. The molecule has 94 valence electrons. The first-order valence-corrected chi connectivity index (χ1v) is 5.82. The minimum atomic E-state index is -1.24. The highest BCUT2D eigenvalue weighted by molar-refractivity contribution is 5.86. The van der Waals surface area contributed by atoms with Gasteiger partial charge in [-0.2, -0.15) is 0 Å². The van der Waals surface area contributed by atoms with Gasteiger partial charge in [-0.15, -0.1) is 0 Å². The summed E-state index contributed by atoms with van der Waals surface area (Å²) in [5.41, 5.74) is 1.58. The van der Waals surface area contributed by atoms with Gasteiger partial charge >= 0.3 is 5.97 Å². The second kappa shape index (κ2) is 5.14. The minimum Gasteiger partial charge on any atom is -0.464 e. The maximum atomic E-state index is 11.5. The summed E-state index contributed by atoms with van der Waals surface area (Å²) in [5.74, 6) is -0.627. The molecule has 1 aromatic carbocycles. The van der Waals surface area contributed by atoms with Crippen LogP contribution in [0.5, 0.6) is 0 Å². The average Bonchev–Trinajstić information content (AvgIpc) is 2.38. The lowest BCUT2D eigenvalue weighted by Gasteiger charge is -2.11. The number of carbonyl (C=O) groups excluding carboxylic acids is 1. The maximum absolute atomic E-state index is 11.5. The van der Waals surface area contributed by atoms with E-state index in [1.165, 1.54) is 0 Å². The van der Waals surface area contributed by atoms with Gasteiger partial charge in [0.05, 0.1) is 6.61 Å². The zero-order valence-corrected chi connectivity index (χ0v) is 10.4. The second-order valence-corrected chi connectivity index (χ2v) is 4.09. The van der Waals surface area contributed by atoms with Crippen LogP contribution in [-0.2, 0) is 9.53 Å². The molecule has 4 heteroatoms. The summed E-state index contributed by atoms with van der Waals surface area (Å²) >= 11 is 0. The van der Waals surface area contributed by atoms with Crippen molar-refractivity contribution in [2.24, 2.45) is 0 Å². The van der Waals surface area contributed by atoms with E-state index in [4.69, 9.17) is 4.74 Å². The Labute approximate surface area is 105 Å². The van der Waals surface area contributed by atoms with Crippen molar-refractivity contribution >= 4 is 16.7 Å². The number of aromatic nitrogens is 1. The van der Waals surface area contributed by atoms with E-state index in [0.29, 0.717) is 5.56 Å². The molecule has 0 saturated heterocycles. The van der Waals surface area contributed by atoms with Crippen LogP contribution in [0, 0.1) is 6.92 Å². The van der Waals surface area contributed by atoms with Gasteiger partial charge in [-0.1, -0.05) is 12.1 Å². The molecule has 1 unspecified atom stereocenters. The zero-order chi connectivity index (χ0) is 13.1. The largest absolute Gasteiger partial charge is 0.464 e. The molecule has 0 aliphatic carbocycles. The number of hydrogen-bond donors (Lipinski definition) is 1. The van der Waals surface area contributed by atoms with Crippen molar-refractivity contribution in [3.63, 3.8) is 0 Å². The van der Waals surface area contributed by atoms with Gasteiger partial charge in [-0.3, -0.25) is 4.98 Å². The number of aliphatic hydroxyl groups is 1. The predicted molar refractivity (Wildman–Crippen MR) is 68.1 cm³/mol. The van der Waals surface area contributed by atoms with E-state index in [2.05, 4.69) is 4.98 Å². The highest BCUT2D eigenvalue weighted by atomic mass is 16.5. The molecule has 0 fully saturated rings. The normalized spacial score (nSPS) is 12.4. The van der Waals surface area contributed by atoms with E-state index in [9.17, 15) is 9.90 Å². The Morgan fingerprint density at radius 2 is 2.22 bits per heavy atom. The van der Waals surface area contributed by atoms with Crippen LogP contribution in [0.3, 0.4) is 0 Å². The molecule has 1 atom stereocenters. The molecule has 4 nitrogen and oxygen atoms in total. The Morgan fingerprint density at radius 1 is 1.44 bits per heavy atom. The van der Waals surface area contributed by atoms with E-state index in [1.54, 1.807) is 31.5 Å². The molecule has 0 aliphatic rings. The summed E-state index contributed by atoms with van der Waals surface area (Å²) in [7, 11) is 0. The van der Waals surface area contributed by atoms with E-state index in [-0.39, 0.29) is 6.61 Å². The van der Waals surface area contributed by atoms with Crippen molar-refractivity contribution in [1.29, 1.82) is 0 Å². The first kappa shape index (κ1) is 12.5. The molecule has 0 amide bonds. The van der Waals surface area contributed by atoms with Crippen LogP contribution in [0.25, 0.3) is 10.8 Å². The van der Waals surface area contributed by atoms with Crippen molar-refractivity contribution in [3.8, 4) is 0 Å². The number of benzene rings is 1. The zero-order valence-electron chi connectivity index (χ0n) is 10.4. The van der Waals surface area contributed by atoms with Gasteiger partial charge in [0.25, 0.3) is 0 Å². The molecule has 1 N–H and O–H groups in total. The molecule has 2 aromatic rings. The van der Waals surface area contributed by atoms with Gasteiger partial charge in [0.1, 0.15) is 0 Å². The van der Waals surface area contributed by atoms with Crippen LogP contribution in [0.2, 0.25) is 0 Å². The number of nitrogens with zero attached hydrogens (tertiary/aromatic N) is 1. The molecule has 1 heterocycles. The SMILES string of the molecule is CCOC(=O)C(O)c1ccc2c(C)cncc2c1. The smallest absolute Gasteiger partial charge is 0.339 e. The van der Waals surface area contributed by atoms with Crippen LogP contribution in [0.1, 0.15) is 24.2 Å². The summed E-state index contributed by atoms with van der Waals surface area (Å²) < 4.78 is 4.79. The number of aliphatic hydroxyl groups excluding tert-OH is 1. The lowest BCUT2D eigenvalue weighted by molar-refractivity contribution is -0.153. The average molecular weight is 245 g/mol. The number of fused-ring (bicyclic) bond motifs is 1. The summed E-state index contributed by atoms with van der Waals surface area (Å²) in [5, 5.41) is 11.8. The van der Waals surface area contributed by atoms with Crippen molar-refractivity contribution in [2.75, 3.05) is 6.61 Å². The number of rotatable bonds is 3. The van der Waals surface area contributed by atoms with Crippen molar-refractivity contribution < 1.29 is 14.6 Å². The van der Waals surface area contributed by atoms with Crippen LogP contribution >= 0.6 is 0 Å². The van der Waals surface area contributed by atoms with E-state index < -0.39 is 12.1 Å². The number of aryl methyl sites for hydroxylation is 1. The molecular weight excluding hydrogens is 230 g/mol. The molecule has 0 saturated carbocycles. The fourth-order valence-electron chi connectivity index (χ4n) is 1.87. The molecular formula is C14H15NO3. The quantitative estimate of drug-likeness (QED) is 0.842. The highest BCUT2D eigenvalue weighted by Crippen LogP contribution is 2.22. The van der Waals surface area contributed by atoms with Gasteiger partial charge < -0.3 is 9.84 Å². The predicted octanol–water partition coefficient (Wildman–Crippen LogP) is 2.14. The summed E-state index contributed by atoms with van der Waals surface area (Å²) in [6.45, 7) is 3.93. The third-order valence-electron chi connectivity index (χ3n) is 2.81. The Morgan fingerprint density at radius 3 is 2.94 bits per heavy atom. The number of esters is 1. The number of carbonyl (C=O) groups is 1. The Kier molecular flexibility index (Phi) is 3.58. The van der Waals surface area contributed by atoms with Crippen molar-refractivity contribution in [3.05, 3.63) is 41.7 Å². The van der Waals surface area contributed by atoms with Crippen molar-refractivity contribution in [2.45, 2.75) is 20.0 Å². The number of hydrogen-bond acceptors (Lipinski definition) is 4. The van der Waals surface area contributed by atoms with Crippen LogP contribution in [0.15, 0.2) is 30.6 Å². The standard InChI is InChI=1S/C14H15NO3/c1-3-18-14(17)13(16)10-4-5-12-9(2)7-15-8-11(12)6-10/h4-8,13,16H,3H2,1-2H3. The Hall–Kier alpha value is -1.94. The monoisotopic (exact) mass is 245 g/mol. The van der Waals surface area contributed by atoms with Crippen molar-refractivity contribution in [1.82, 2.24) is 4.98 Å². The van der Waals surface area contributed by atoms with Gasteiger partial charge in [0, 0.05) is 17.8 Å². The molecule has 0 radical (unpaired) electrons. The Balaban J connectivity index is 2.38. The topological polar surface area (TPSA) is 59.4 Å². The van der Waals surface area contributed by atoms with E-state index in [0.717, 1.165) is 16.3 Å². The molecule has 1 aromatic heterocycles. The third-order valence-corrected chi connectivity index (χ3v) is 2.81. The summed E-state index contributed by atoms with van der Waals surface area (Å²) in [4.78, 5) is 15.6. The van der Waals surface area contributed by atoms with E-state index >= 15 is 0 Å². The van der Waals surface area contributed by atoms with Gasteiger partial charge in [-0.25, -0.2) is 4.79 Å². The lowest BCUT2D eigenvalue weighted by atomic mass is 10.0. The lowest BCUT2D eigenvalue weighted by Crippen LogP contribution is -2.15. The second-order valence-electron chi connectivity index (χ2n) is 4.09. The molecule has 2 rings (SSSR count). The van der Waals surface area contributed by atoms with E-state index in [1.807, 2.05) is 13.0 Å². The molecule has 0 spiro atoms. The van der Waals surface area contributed by atoms with Gasteiger partial charge in [0.15, 0.2) is 6.10 Å². The first-order chi connectivity index (χ1) is 8.63. The third kappa shape index (κ3) is 2.33. The summed E-state index contributed by atoms with van der Waals surface area (Å²) in [6, 6.07) is 5.37. The van der Waals surface area contributed by atoms with Crippen LogP contribution in [0.4, 0.5) is 0 Å². The van der Waals surface area contributed by atoms with Crippen LogP contribution in [-0.4, -0.2) is 22.7 Å². The van der Waals surface area contributed by atoms with Gasteiger partial charge in [-0.05, 0) is 36.4 Å². The highest BCUT2D eigenvalue weighted by Gasteiger charge is 2.18. The van der Waals surface area contributed by atoms with Crippen LogP contribution < -0.4 is 0 Å². The fourth-order valence-corrected chi connectivity index (χ4v) is 1.87. The molecule has 0 aliphatic heterocycles. The van der Waals surface area contributed by atoms with Gasteiger partial charge in [0.2, 0.25) is 0 Å². The Bertz CT molecular complexity index is 580. The molecule has 18 heavy (non-hydrogen) atoms. The maximum Gasteiger partial charge on any atom is 0.339 e. The number of ether oxygens (including phenoxy) is 1. The first-order valence-electron chi connectivity index (χ1n) is 5.82. The minimum absolute atomic E-state index is 0.254. The number of pyridine rings is 1.